The highest BCUT2D eigenvalue weighted by atomic mass is 32.2. The predicted octanol–water partition coefficient (Wildman–Crippen LogP) is 3.97. The van der Waals surface area contributed by atoms with Gasteiger partial charge < -0.3 is 5.32 Å². The number of nitrogens with one attached hydrogen (secondary N) is 1. The Bertz CT molecular complexity index is 529. The van der Waals surface area contributed by atoms with Gasteiger partial charge in [-0.3, -0.25) is 4.57 Å². The first kappa shape index (κ1) is 14.0. The largest absolute Gasteiger partial charge is 0.355 e. The van der Waals surface area contributed by atoms with Crippen LogP contribution in [0, 0.1) is 12.8 Å². The highest BCUT2D eigenvalue weighted by molar-refractivity contribution is 7.98. The Kier molecular flexibility index (Phi) is 4.53. The Balaban J connectivity index is 2.27. The number of rotatable bonds is 5. The number of nitrogens with zero attached hydrogens (tertiary/aromatic N) is 2. The number of hydrogen-bond acceptors (Lipinski definition) is 3. The molecule has 0 radical (unpaired) electrons. The number of benzene rings is 1. The molecule has 19 heavy (non-hydrogen) atoms. The lowest BCUT2D eigenvalue weighted by molar-refractivity contribution is 0.683. The van der Waals surface area contributed by atoms with E-state index in [-0.39, 0.29) is 0 Å². The average Bonchev–Trinajstić information content (AvgIpc) is 2.78. The third kappa shape index (κ3) is 3.53. The Hall–Kier alpha value is -1.42. The lowest BCUT2D eigenvalue weighted by Crippen LogP contribution is -2.11. The van der Waals surface area contributed by atoms with Gasteiger partial charge in [0.25, 0.3) is 0 Å². The highest BCUT2D eigenvalue weighted by Crippen LogP contribution is 2.20. The van der Waals surface area contributed by atoms with E-state index in [2.05, 4.69) is 65.4 Å². The van der Waals surface area contributed by atoms with Crippen LogP contribution in [0.1, 0.15) is 19.5 Å². The van der Waals surface area contributed by atoms with E-state index in [1.807, 2.05) is 6.92 Å². The fourth-order valence-electron chi connectivity index (χ4n) is 1.86. The van der Waals surface area contributed by atoms with Crippen molar-refractivity contribution < 1.29 is 0 Å². The van der Waals surface area contributed by atoms with Crippen molar-refractivity contribution in [2.24, 2.45) is 5.92 Å². The summed E-state index contributed by atoms with van der Waals surface area (Å²) < 4.78 is 2.11. The van der Waals surface area contributed by atoms with Crippen LogP contribution in [-0.4, -0.2) is 22.4 Å². The van der Waals surface area contributed by atoms with E-state index in [1.165, 1.54) is 4.90 Å². The highest BCUT2D eigenvalue weighted by Gasteiger charge is 2.07. The molecule has 4 heteroatoms. The summed E-state index contributed by atoms with van der Waals surface area (Å²) in [5.41, 5.74) is 2.17. The van der Waals surface area contributed by atoms with E-state index in [0.29, 0.717) is 5.92 Å². The summed E-state index contributed by atoms with van der Waals surface area (Å²) in [4.78, 5) is 5.82. The van der Waals surface area contributed by atoms with Crippen molar-refractivity contribution in [3.8, 4) is 5.69 Å². The smallest absolute Gasteiger partial charge is 0.207 e. The summed E-state index contributed by atoms with van der Waals surface area (Å²) in [5.74, 6) is 1.52. The van der Waals surface area contributed by atoms with Gasteiger partial charge in [-0.1, -0.05) is 13.8 Å². The number of anilines is 1. The molecule has 1 aromatic carbocycles. The molecule has 0 bridgehead atoms. The molecule has 2 rings (SSSR count). The van der Waals surface area contributed by atoms with E-state index in [1.54, 1.807) is 11.8 Å². The molecule has 0 aliphatic heterocycles. The van der Waals surface area contributed by atoms with Crippen molar-refractivity contribution in [1.82, 2.24) is 9.55 Å². The quantitative estimate of drug-likeness (QED) is 0.837. The van der Waals surface area contributed by atoms with Crippen molar-refractivity contribution in [3.63, 3.8) is 0 Å². The summed E-state index contributed by atoms with van der Waals surface area (Å²) >= 11 is 1.76. The Morgan fingerprint density at radius 3 is 2.53 bits per heavy atom. The molecule has 2 aromatic rings. The van der Waals surface area contributed by atoms with Gasteiger partial charge in [-0.2, -0.15) is 0 Å². The fourth-order valence-corrected chi connectivity index (χ4v) is 2.27. The van der Waals surface area contributed by atoms with Gasteiger partial charge in [0, 0.05) is 23.3 Å². The zero-order valence-electron chi connectivity index (χ0n) is 12.0. The molecule has 0 amide bonds. The van der Waals surface area contributed by atoms with Crippen LogP contribution >= 0.6 is 11.8 Å². The predicted molar refractivity (Wildman–Crippen MR) is 83.4 cm³/mol. The number of thioether (sulfide) groups is 1. The second-order valence-corrected chi connectivity index (χ2v) is 5.93. The van der Waals surface area contributed by atoms with Gasteiger partial charge in [-0.15, -0.1) is 11.8 Å². The van der Waals surface area contributed by atoms with E-state index >= 15 is 0 Å². The van der Waals surface area contributed by atoms with Crippen LogP contribution < -0.4 is 5.32 Å². The van der Waals surface area contributed by atoms with E-state index in [9.17, 15) is 0 Å². The molecule has 0 saturated heterocycles. The fraction of sp³-hybridized carbons (Fsp3) is 0.400. The molecule has 3 nitrogen and oxygen atoms in total. The molecule has 0 spiro atoms. The van der Waals surface area contributed by atoms with Gasteiger partial charge in [0.1, 0.15) is 0 Å². The Morgan fingerprint density at radius 2 is 1.95 bits per heavy atom. The minimum atomic E-state index is 0.601. The van der Waals surface area contributed by atoms with Gasteiger partial charge in [-0.05, 0) is 43.4 Å². The molecular weight excluding hydrogens is 254 g/mol. The van der Waals surface area contributed by atoms with Crippen LogP contribution in [-0.2, 0) is 0 Å². The van der Waals surface area contributed by atoms with Gasteiger partial charge in [0.05, 0.1) is 5.69 Å². The maximum Gasteiger partial charge on any atom is 0.207 e. The lowest BCUT2D eigenvalue weighted by atomic mass is 10.2. The molecule has 0 aliphatic rings. The van der Waals surface area contributed by atoms with Gasteiger partial charge in [-0.25, -0.2) is 4.98 Å². The van der Waals surface area contributed by atoms with Crippen molar-refractivity contribution >= 4 is 17.7 Å². The van der Waals surface area contributed by atoms with Crippen molar-refractivity contribution in [1.29, 1.82) is 0 Å². The molecule has 0 fully saturated rings. The molecule has 0 saturated carbocycles. The van der Waals surface area contributed by atoms with Crippen molar-refractivity contribution in [3.05, 3.63) is 36.2 Å². The first-order chi connectivity index (χ1) is 9.10. The minimum Gasteiger partial charge on any atom is -0.355 e. The summed E-state index contributed by atoms with van der Waals surface area (Å²) in [5, 5.41) is 3.41. The first-order valence-corrected chi connectivity index (χ1v) is 7.77. The van der Waals surface area contributed by atoms with Crippen LogP contribution in [0.3, 0.4) is 0 Å². The van der Waals surface area contributed by atoms with Gasteiger partial charge >= 0.3 is 0 Å². The summed E-state index contributed by atoms with van der Waals surface area (Å²) in [7, 11) is 0. The van der Waals surface area contributed by atoms with Crippen molar-refractivity contribution in [2.45, 2.75) is 25.7 Å². The third-order valence-corrected chi connectivity index (χ3v) is 3.59. The zero-order chi connectivity index (χ0) is 13.8. The molecule has 102 valence electrons. The minimum absolute atomic E-state index is 0.601. The molecule has 0 unspecified atom stereocenters. The summed E-state index contributed by atoms with van der Waals surface area (Å²) in [6.07, 6.45) is 4.16. The van der Waals surface area contributed by atoms with E-state index in [0.717, 1.165) is 23.9 Å². The van der Waals surface area contributed by atoms with Crippen LogP contribution in [0.2, 0.25) is 0 Å². The molecule has 1 heterocycles. The number of imidazole rings is 1. The maximum absolute atomic E-state index is 4.55. The van der Waals surface area contributed by atoms with Crippen LogP contribution in [0.5, 0.6) is 0 Å². The van der Waals surface area contributed by atoms with Gasteiger partial charge in [0.2, 0.25) is 5.95 Å². The van der Waals surface area contributed by atoms with Crippen LogP contribution in [0.15, 0.2) is 35.4 Å². The molecule has 0 atom stereocenters. The maximum atomic E-state index is 4.55. The first-order valence-electron chi connectivity index (χ1n) is 6.54. The Labute approximate surface area is 119 Å². The molecule has 0 aliphatic carbocycles. The van der Waals surface area contributed by atoms with Crippen LogP contribution in [0.25, 0.3) is 5.69 Å². The van der Waals surface area contributed by atoms with Crippen LogP contribution in [0.4, 0.5) is 5.95 Å². The number of hydrogen-bond donors (Lipinski definition) is 1. The van der Waals surface area contributed by atoms with Gasteiger partial charge in [0.15, 0.2) is 0 Å². The second-order valence-electron chi connectivity index (χ2n) is 5.05. The Morgan fingerprint density at radius 1 is 1.26 bits per heavy atom. The third-order valence-electron chi connectivity index (χ3n) is 2.85. The standard InChI is InChI=1S/C15H21N3S/c1-11(2)9-16-15-17-12(3)10-18(15)13-5-7-14(19-4)8-6-13/h5-8,10-11H,9H2,1-4H3,(H,16,17). The second kappa shape index (κ2) is 6.15. The molecule has 1 N–H and O–H groups in total. The summed E-state index contributed by atoms with van der Waals surface area (Å²) in [6.45, 7) is 7.34. The molecular formula is C15H21N3S. The normalized spacial score (nSPS) is 11.0. The lowest BCUT2D eigenvalue weighted by Gasteiger charge is -2.11. The number of aryl methyl sites for hydroxylation is 1. The van der Waals surface area contributed by atoms with Crippen molar-refractivity contribution in [2.75, 3.05) is 18.1 Å². The average molecular weight is 275 g/mol. The van der Waals surface area contributed by atoms with E-state index < -0.39 is 0 Å². The SMILES string of the molecule is CSc1ccc(-n2cc(C)nc2NCC(C)C)cc1. The zero-order valence-corrected chi connectivity index (χ0v) is 12.8. The molecule has 1 aromatic heterocycles. The summed E-state index contributed by atoms with van der Waals surface area (Å²) in [6, 6.07) is 8.55. The monoisotopic (exact) mass is 275 g/mol. The van der Waals surface area contributed by atoms with E-state index in [4.69, 9.17) is 0 Å². The topological polar surface area (TPSA) is 29.9 Å². The number of aromatic nitrogens is 2.